The number of carboxylic acids is 1. The van der Waals surface area contributed by atoms with Gasteiger partial charge in [-0.3, -0.25) is 43.2 Å². The molecule has 9 amide bonds. The summed E-state index contributed by atoms with van der Waals surface area (Å²) in [6.07, 6.45) is -3.41. The number of hydrogen-bond acceptors (Lipinski definition) is 16. The van der Waals surface area contributed by atoms with E-state index in [1.165, 1.54) is 19.1 Å². The Morgan fingerprint density at radius 3 is 1.37 bits per heavy atom. The van der Waals surface area contributed by atoms with Gasteiger partial charge in [0.2, 0.25) is 53.2 Å². The Morgan fingerprint density at radius 2 is 0.943 bits per heavy atom. The first-order valence-electron chi connectivity index (χ1n) is 23.0. The van der Waals surface area contributed by atoms with Crippen LogP contribution < -0.4 is 65.9 Å². The lowest BCUT2D eigenvalue weighted by molar-refractivity contribution is -0.143. The second-order valence-corrected chi connectivity index (χ2v) is 17.4. The standard InChI is InChI=1S/C44H74N12O14/c1-22(2)19-31(40(65)54-32(21-34(49)61)41(66)56-36(24(4)58)43(68)52-30(44(69)70)15-16-33(48)60)53-39(64)28(9-5-7-17-45)50-38(63)29(10-6-8-18-46)51-42(67)35(23(3)57)55-37(62)27(47)20-25-11-13-26(59)14-12-25/h11-14,22-24,27-32,35-36,57-59H,5-10,15-21,45-47H2,1-4H3,(H2,48,60)(H2,49,61)(H,50,63)(H,51,67)(H,52,68)(H,53,64)(H,54,65)(H,55,62)(H,56,66)(H,69,70)/t23-,24-,27+,28+,29+,30+,31+,32+,35+,36+/m1/s1. The molecule has 1 aromatic carbocycles. The lowest BCUT2D eigenvalue weighted by Gasteiger charge is -2.29. The number of hydrogen-bond donors (Lipinski definition) is 16. The van der Waals surface area contributed by atoms with Crippen LogP contribution in [0.5, 0.6) is 5.75 Å². The van der Waals surface area contributed by atoms with Crippen molar-refractivity contribution in [1.82, 2.24) is 37.2 Å². The maximum atomic E-state index is 14.1. The highest BCUT2D eigenvalue weighted by Crippen LogP contribution is 2.13. The van der Waals surface area contributed by atoms with Crippen molar-refractivity contribution in [3.8, 4) is 5.75 Å². The second-order valence-electron chi connectivity index (χ2n) is 17.4. The number of unbranched alkanes of at least 4 members (excludes halogenated alkanes) is 2. The molecule has 1 rings (SSSR count). The Bertz CT molecular complexity index is 1920. The molecule has 21 N–H and O–H groups in total. The molecule has 0 aliphatic carbocycles. The number of amides is 9. The Hall–Kier alpha value is -6.48. The third-order valence-corrected chi connectivity index (χ3v) is 10.7. The molecular formula is C44H74N12O14. The number of nitrogens with two attached hydrogens (primary N) is 5. The normalized spacial score (nSPS) is 15.5. The van der Waals surface area contributed by atoms with Crippen LogP contribution in [0.25, 0.3) is 0 Å². The first-order valence-corrected chi connectivity index (χ1v) is 23.0. The molecule has 26 nitrogen and oxygen atoms in total. The minimum atomic E-state index is -1.85. The van der Waals surface area contributed by atoms with E-state index in [2.05, 4.69) is 37.2 Å². The molecule has 0 spiro atoms. The fourth-order valence-electron chi connectivity index (χ4n) is 6.82. The molecule has 0 fully saturated rings. The summed E-state index contributed by atoms with van der Waals surface area (Å²) in [5.41, 5.74) is 28.6. The number of aromatic hydroxyl groups is 1. The maximum absolute atomic E-state index is 14.1. The molecule has 0 aliphatic heterocycles. The molecule has 70 heavy (non-hydrogen) atoms. The number of phenols is 1. The molecule has 0 radical (unpaired) electrons. The van der Waals surface area contributed by atoms with Gasteiger partial charge in [-0.15, -0.1) is 0 Å². The van der Waals surface area contributed by atoms with E-state index in [0.29, 0.717) is 31.2 Å². The van der Waals surface area contributed by atoms with Gasteiger partial charge in [0, 0.05) is 6.42 Å². The van der Waals surface area contributed by atoms with Gasteiger partial charge in [0.1, 0.15) is 48.0 Å². The Kier molecular flexibility index (Phi) is 27.8. The number of rotatable bonds is 34. The number of aliphatic hydroxyl groups excluding tert-OH is 2. The molecule has 0 bridgehead atoms. The molecule has 0 saturated carbocycles. The molecule has 0 aromatic heterocycles. The van der Waals surface area contributed by atoms with Crippen LogP contribution in [0, 0.1) is 5.92 Å². The fourth-order valence-corrected chi connectivity index (χ4v) is 6.82. The van der Waals surface area contributed by atoms with Crippen LogP contribution in [0.15, 0.2) is 24.3 Å². The van der Waals surface area contributed by atoms with Crippen molar-refractivity contribution in [2.75, 3.05) is 13.1 Å². The lowest BCUT2D eigenvalue weighted by Crippen LogP contribution is -2.62. The van der Waals surface area contributed by atoms with Crippen LogP contribution in [0.4, 0.5) is 0 Å². The molecule has 394 valence electrons. The minimum Gasteiger partial charge on any atom is -0.508 e. The van der Waals surface area contributed by atoms with E-state index < -0.39 is 139 Å². The van der Waals surface area contributed by atoms with Crippen molar-refractivity contribution in [2.24, 2.45) is 34.6 Å². The Balaban J connectivity index is 3.39. The highest BCUT2D eigenvalue weighted by atomic mass is 16.4. The number of nitrogens with one attached hydrogen (secondary N) is 7. The molecule has 0 unspecified atom stereocenters. The fraction of sp³-hybridized carbons (Fsp3) is 0.636. The minimum absolute atomic E-state index is 0.00145. The monoisotopic (exact) mass is 995 g/mol. The molecule has 0 saturated heterocycles. The first kappa shape index (κ1) is 61.5. The first-order chi connectivity index (χ1) is 32.8. The van der Waals surface area contributed by atoms with E-state index in [0.717, 1.165) is 6.92 Å². The van der Waals surface area contributed by atoms with Gasteiger partial charge in [0.15, 0.2) is 0 Å². The van der Waals surface area contributed by atoms with E-state index in [4.69, 9.17) is 28.7 Å². The van der Waals surface area contributed by atoms with E-state index in [1.807, 2.05) is 0 Å². The number of carbonyl (C=O) groups excluding carboxylic acids is 9. The molecule has 10 atom stereocenters. The van der Waals surface area contributed by atoms with Crippen LogP contribution in [0.2, 0.25) is 0 Å². The van der Waals surface area contributed by atoms with Crippen molar-refractivity contribution in [3.05, 3.63) is 29.8 Å². The zero-order chi connectivity index (χ0) is 53.2. The SMILES string of the molecule is CC(C)C[C@H](NC(=O)[C@H](CCCCN)NC(=O)[C@H](CCCCN)NC(=O)[C@@H](NC(=O)[C@@H](N)Cc1ccc(O)cc1)[C@@H](C)O)C(=O)N[C@@H](CC(N)=O)C(=O)N[C@H](C(=O)N[C@@H](CCC(N)=O)C(=O)O)[C@@H](C)O. The average Bonchev–Trinajstić information content (AvgIpc) is 3.27. The van der Waals surface area contributed by atoms with Gasteiger partial charge in [-0.1, -0.05) is 26.0 Å². The molecule has 0 heterocycles. The van der Waals surface area contributed by atoms with Gasteiger partial charge in [0.05, 0.1) is 24.7 Å². The number of carbonyl (C=O) groups is 10. The number of aliphatic hydroxyl groups is 2. The predicted molar refractivity (Wildman–Crippen MR) is 252 cm³/mol. The van der Waals surface area contributed by atoms with Gasteiger partial charge in [-0.05, 0) is 108 Å². The summed E-state index contributed by atoms with van der Waals surface area (Å²) >= 11 is 0. The van der Waals surface area contributed by atoms with Crippen LogP contribution in [0.1, 0.15) is 97.5 Å². The summed E-state index contributed by atoms with van der Waals surface area (Å²) in [5, 5.41) is 56.8. The number of carboxylic acid groups (broad SMARTS) is 1. The van der Waals surface area contributed by atoms with Crippen LogP contribution in [0.3, 0.4) is 0 Å². The number of phenolic OH excluding ortho intramolecular Hbond substituents is 1. The zero-order valence-electron chi connectivity index (χ0n) is 40.1. The smallest absolute Gasteiger partial charge is 0.326 e. The van der Waals surface area contributed by atoms with E-state index in [-0.39, 0.29) is 50.4 Å². The predicted octanol–water partition coefficient (Wildman–Crippen LogP) is -5.05. The van der Waals surface area contributed by atoms with Gasteiger partial charge >= 0.3 is 5.97 Å². The van der Waals surface area contributed by atoms with Crippen molar-refractivity contribution < 1.29 is 68.4 Å². The van der Waals surface area contributed by atoms with Crippen molar-refractivity contribution in [3.63, 3.8) is 0 Å². The summed E-state index contributed by atoms with van der Waals surface area (Å²) < 4.78 is 0. The van der Waals surface area contributed by atoms with Gasteiger partial charge in [0.25, 0.3) is 0 Å². The molecule has 1 aromatic rings. The summed E-state index contributed by atoms with van der Waals surface area (Å²) in [6, 6.07) is -6.25. The van der Waals surface area contributed by atoms with Crippen molar-refractivity contribution in [1.29, 1.82) is 0 Å². The van der Waals surface area contributed by atoms with Crippen molar-refractivity contribution >= 4 is 59.1 Å². The van der Waals surface area contributed by atoms with E-state index in [1.54, 1.807) is 26.0 Å². The highest BCUT2D eigenvalue weighted by Gasteiger charge is 2.36. The topological polar surface area (TPSA) is 466 Å². The number of aliphatic carboxylic acids is 1. The average molecular weight is 995 g/mol. The highest BCUT2D eigenvalue weighted by molar-refractivity contribution is 5.99. The lowest BCUT2D eigenvalue weighted by atomic mass is 10.0. The summed E-state index contributed by atoms with van der Waals surface area (Å²) in [4.78, 5) is 130. The molecular weight excluding hydrogens is 921 g/mol. The quantitative estimate of drug-likeness (QED) is 0.0287. The number of primary amides is 2. The third kappa shape index (κ3) is 23.2. The zero-order valence-corrected chi connectivity index (χ0v) is 40.1. The Labute approximate surface area is 406 Å². The summed E-state index contributed by atoms with van der Waals surface area (Å²) in [5.74, 6) is -10.7. The van der Waals surface area contributed by atoms with E-state index in [9.17, 15) is 68.4 Å². The van der Waals surface area contributed by atoms with Crippen molar-refractivity contribution in [2.45, 2.75) is 159 Å². The second kappa shape index (κ2) is 31.6. The van der Waals surface area contributed by atoms with Gasteiger partial charge < -0.3 is 86.3 Å². The number of benzene rings is 1. The maximum Gasteiger partial charge on any atom is 0.326 e. The molecule has 26 heteroatoms. The van der Waals surface area contributed by atoms with E-state index >= 15 is 0 Å². The van der Waals surface area contributed by atoms with Crippen LogP contribution in [-0.2, 0) is 54.4 Å². The summed E-state index contributed by atoms with van der Waals surface area (Å²) in [6.45, 7) is 6.21. The van der Waals surface area contributed by atoms with Gasteiger partial charge in [-0.25, -0.2) is 4.79 Å². The van der Waals surface area contributed by atoms with Crippen LogP contribution >= 0.6 is 0 Å². The summed E-state index contributed by atoms with van der Waals surface area (Å²) in [7, 11) is 0. The van der Waals surface area contributed by atoms with Crippen LogP contribution in [-0.4, -0.2) is 153 Å². The molecule has 0 aliphatic rings. The third-order valence-electron chi connectivity index (χ3n) is 10.7. The Morgan fingerprint density at radius 1 is 0.529 bits per heavy atom. The van der Waals surface area contributed by atoms with Gasteiger partial charge in [-0.2, -0.15) is 0 Å². The largest absolute Gasteiger partial charge is 0.508 e.